The summed E-state index contributed by atoms with van der Waals surface area (Å²) in [6.07, 6.45) is 0. The standard InChI is InChI=1S/C11H10FNO2/c1-3-15-11(14)9-5-8(6-13)7(2)4-10(9)12/h4-5H,3H2,1-2H3. The van der Waals surface area contributed by atoms with Crippen LogP contribution in [-0.4, -0.2) is 12.6 Å². The van der Waals surface area contributed by atoms with E-state index in [1.54, 1.807) is 13.8 Å². The largest absolute Gasteiger partial charge is 0.462 e. The number of hydrogen-bond donors (Lipinski definition) is 0. The molecular formula is C11H10FNO2. The van der Waals surface area contributed by atoms with Gasteiger partial charge >= 0.3 is 5.97 Å². The Labute approximate surface area is 87.1 Å². The molecule has 0 fully saturated rings. The molecule has 0 saturated heterocycles. The number of hydrogen-bond acceptors (Lipinski definition) is 3. The molecule has 15 heavy (non-hydrogen) atoms. The van der Waals surface area contributed by atoms with Crippen molar-refractivity contribution in [1.82, 2.24) is 0 Å². The molecule has 1 rings (SSSR count). The van der Waals surface area contributed by atoms with E-state index in [9.17, 15) is 9.18 Å². The van der Waals surface area contributed by atoms with Gasteiger partial charge < -0.3 is 4.74 Å². The average Bonchev–Trinajstić information content (AvgIpc) is 2.18. The van der Waals surface area contributed by atoms with Gasteiger partial charge in [0.15, 0.2) is 0 Å². The minimum absolute atomic E-state index is 0.175. The Morgan fingerprint density at radius 3 is 2.80 bits per heavy atom. The number of carbonyl (C=O) groups excluding carboxylic acids is 1. The normalized spacial score (nSPS) is 9.47. The second kappa shape index (κ2) is 4.56. The van der Waals surface area contributed by atoms with Crippen molar-refractivity contribution in [3.05, 3.63) is 34.6 Å². The second-order valence-corrected chi connectivity index (χ2v) is 2.98. The van der Waals surface area contributed by atoms with E-state index >= 15 is 0 Å². The number of carbonyl (C=O) groups is 1. The first-order chi connectivity index (χ1) is 7.10. The molecule has 0 aromatic heterocycles. The summed E-state index contributed by atoms with van der Waals surface area (Å²) in [6, 6.07) is 4.25. The summed E-state index contributed by atoms with van der Waals surface area (Å²) in [5.41, 5.74) is 0.585. The summed E-state index contributed by atoms with van der Waals surface area (Å²) < 4.78 is 18.0. The Bertz CT molecular complexity index is 435. The molecule has 4 heteroatoms. The fraction of sp³-hybridized carbons (Fsp3) is 0.273. The van der Waals surface area contributed by atoms with Crippen LogP contribution in [0.1, 0.15) is 28.4 Å². The first kappa shape index (κ1) is 11.2. The van der Waals surface area contributed by atoms with Crippen molar-refractivity contribution >= 4 is 5.97 Å². The van der Waals surface area contributed by atoms with E-state index < -0.39 is 11.8 Å². The van der Waals surface area contributed by atoms with Gasteiger partial charge in [0, 0.05) is 0 Å². The monoisotopic (exact) mass is 207 g/mol. The molecule has 0 aliphatic carbocycles. The van der Waals surface area contributed by atoms with E-state index in [0.717, 1.165) is 6.07 Å². The van der Waals surface area contributed by atoms with Gasteiger partial charge in [0.1, 0.15) is 5.82 Å². The van der Waals surface area contributed by atoms with Gasteiger partial charge in [-0.1, -0.05) is 0 Å². The third-order valence-corrected chi connectivity index (χ3v) is 1.93. The lowest BCUT2D eigenvalue weighted by Crippen LogP contribution is -2.08. The van der Waals surface area contributed by atoms with Gasteiger partial charge in [-0.3, -0.25) is 0 Å². The zero-order valence-corrected chi connectivity index (χ0v) is 8.50. The SMILES string of the molecule is CCOC(=O)c1cc(C#N)c(C)cc1F. The molecule has 0 heterocycles. The minimum Gasteiger partial charge on any atom is -0.462 e. The molecule has 0 atom stereocenters. The Balaban J connectivity index is 3.20. The topological polar surface area (TPSA) is 50.1 Å². The Hall–Kier alpha value is -1.89. The minimum atomic E-state index is -0.744. The zero-order chi connectivity index (χ0) is 11.4. The smallest absolute Gasteiger partial charge is 0.341 e. The fourth-order valence-electron chi connectivity index (χ4n) is 1.16. The molecule has 0 N–H and O–H groups in total. The molecule has 0 bridgehead atoms. The first-order valence-electron chi connectivity index (χ1n) is 4.47. The van der Waals surface area contributed by atoms with E-state index in [4.69, 9.17) is 5.26 Å². The van der Waals surface area contributed by atoms with Gasteiger partial charge in [-0.05, 0) is 31.5 Å². The number of ether oxygens (including phenoxy) is 1. The first-order valence-corrected chi connectivity index (χ1v) is 4.47. The number of nitrogens with zero attached hydrogens (tertiary/aromatic N) is 1. The van der Waals surface area contributed by atoms with E-state index in [1.807, 2.05) is 6.07 Å². The number of aryl methyl sites for hydroxylation is 1. The molecule has 0 radical (unpaired) electrons. The maximum absolute atomic E-state index is 13.3. The van der Waals surface area contributed by atoms with Crippen molar-refractivity contribution in [2.24, 2.45) is 0 Å². The summed E-state index contributed by atoms with van der Waals surface area (Å²) >= 11 is 0. The summed E-state index contributed by atoms with van der Waals surface area (Å²) in [5, 5.41) is 8.72. The van der Waals surface area contributed by atoms with E-state index in [0.29, 0.717) is 5.56 Å². The van der Waals surface area contributed by atoms with Crippen LogP contribution < -0.4 is 0 Å². The van der Waals surface area contributed by atoms with Gasteiger partial charge in [0.2, 0.25) is 0 Å². The van der Waals surface area contributed by atoms with Crippen LogP contribution in [0.2, 0.25) is 0 Å². The molecular weight excluding hydrogens is 197 g/mol. The maximum atomic E-state index is 13.3. The van der Waals surface area contributed by atoms with Crippen molar-refractivity contribution in [3.8, 4) is 6.07 Å². The fourth-order valence-corrected chi connectivity index (χ4v) is 1.16. The van der Waals surface area contributed by atoms with Crippen LogP contribution in [-0.2, 0) is 4.74 Å². The lowest BCUT2D eigenvalue weighted by molar-refractivity contribution is 0.0521. The van der Waals surface area contributed by atoms with Crippen molar-refractivity contribution in [2.45, 2.75) is 13.8 Å². The van der Waals surface area contributed by atoms with Gasteiger partial charge in [-0.2, -0.15) is 5.26 Å². The molecule has 0 amide bonds. The quantitative estimate of drug-likeness (QED) is 0.698. The Kier molecular flexibility index (Phi) is 3.40. The predicted molar refractivity (Wildman–Crippen MR) is 51.8 cm³/mol. The highest BCUT2D eigenvalue weighted by Gasteiger charge is 2.15. The molecule has 1 aromatic rings. The number of esters is 1. The number of nitriles is 1. The van der Waals surface area contributed by atoms with Gasteiger partial charge in [-0.25, -0.2) is 9.18 Å². The molecule has 0 aliphatic rings. The van der Waals surface area contributed by atoms with Crippen molar-refractivity contribution in [3.63, 3.8) is 0 Å². The van der Waals surface area contributed by atoms with Crippen LogP contribution in [0.15, 0.2) is 12.1 Å². The molecule has 0 saturated carbocycles. The summed E-state index contributed by atoms with van der Waals surface area (Å²) in [4.78, 5) is 11.3. The molecule has 0 aliphatic heterocycles. The van der Waals surface area contributed by atoms with E-state index in [2.05, 4.69) is 4.74 Å². The lowest BCUT2D eigenvalue weighted by Gasteiger charge is -2.05. The molecule has 1 aromatic carbocycles. The highest BCUT2D eigenvalue weighted by molar-refractivity contribution is 5.90. The van der Waals surface area contributed by atoms with Gasteiger partial charge in [0.25, 0.3) is 0 Å². The average molecular weight is 207 g/mol. The summed E-state index contributed by atoms with van der Waals surface area (Å²) in [6.45, 7) is 3.42. The molecule has 78 valence electrons. The van der Waals surface area contributed by atoms with Crippen molar-refractivity contribution < 1.29 is 13.9 Å². The van der Waals surface area contributed by atoms with Crippen LogP contribution in [0, 0.1) is 24.1 Å². The van der Waals surface area contributed by atoms with E-state index in [-0.39, 0.29) is 17.7 Å². The third kappa shape index (κ3) is 2.32. The van der Waals surface area contributed by atoms with Crippen molar-refractivity contribution in [2.75, 3.05) is 6.61 Å². The van der Waals surface area contributed by atoms with Crippen molar-refractivity contribution in [1.29, 1.82) is 5.26 Å². The molecule has 0 unspecified atom stereocenters. The highest BCUT2D eigenvalue weighted by atomic mass is 19.1. The van der Waals surface area contributed by atoms with Crippen LogP contribution in [0.5, 0.6) is 0 Å². The zero-order valence-electron chi connectivity index (χ0n) is 8.50. The number of benzene rings is 1. The Morgan fingerprint density at radius 2 is 2.27 bits per heavy atom. The number of halogens is 1. The maximum Gasteiger partial charge on any atom is 0.341 e. The predicted octanol–water partition coefficient (Wildman–Crippen LogP) is 2.18. The van der Waals surface area contributed by atoms with Crippen LogP contribution in [0.4, 0.5) is 4.39 Å². The van der Waals surface area contributed by atoms with Gasteiger partial charge in [-0.15, -0.1) is 0 Å². The molecule has 3 nitrogen and oxygen atoms in total. The highest BCUT2D eigenvalue weighted by Crippen LogP contribution is 2.15. The van der Waals surface area contributed by atoms with Gasteiger partial charge in [0.05, 0.1) is 23.8 Å². The van der Waals surface area contributed by atoms with Crippen LogP contribution in [0.25, 0.3) is 0 Å². The van der Waals surface area contributed by atoms with Crippen LogP contribution in [0.3, 0.4) is 0 Å². The van der Waals surface area contributed by atoms with E-state index in [1.165, 1.54) is 6.07 Å². The number of rotatable bonds is 2. The third-order valence-electron chi connectivity index (χ3n) is 1.93. The van der Waals surface area contributed by atoms with Crippen LogP contribution >= 0.6 is 0 Å². The summed E-state index contributed by atoms with van der Waals surface area (Å²) in [7, 11) is 0. The lowest BCUT2D eigenvalue weighted by atomic mass is 10.1. The molecule has 0 spiro atoms. The Morgan fingerprint density at radius 1 is 1.60 bits per heavy atom. The second-order valence-electron chi connectivity index (χ2n) is 2.98. The summed E-state index contributed by atoms with van der Waals surface area (Å²) in [5.74, 6) is -1.41.